The van der Waals surface area contributed by atoms with Crippen LogP contribution in [0.1, 0.15) is 6.92 Å². The number of ether oxygens (including phenoxy) is 2. The zero-order valence-corrected chi connectivity index (χ0v) is 11.4. The number of amides is 1. The van der Waals surface area contributed by atoms with Gasteiger partial charge in [-0.2, -0.15) is 0 Å². The van der Waals surface area contributed by atoms with E-state index < -0.39 is 0 Å². The number of carbonyl (C=O) groups is 1. The first-order valence-corrected chi connectivity index (χ1v) is 6.29. The minimum absolute atomic E-state index is 0.0851. The molecule has 4 nitrogen and oxygen atoms in total. The number of nitrogens with one attached hydrogen (secondary N) is 1. The van der Waals surface area contributed by atoms with Crippen LogP contribution in [0, 0.1) is 5.92 Å². The van der Waals surface area contributed by atoms with Gasteiger partial charge in [0.25, 0.3) is 0 Å². The van der Waals surface area contributed by atoms with Crippen molar-refractivity contribution in [3.8, 4) is 5.75 Å². The number of anilines is 1. The van der Waals surface area contributed by atoms with Crippen molar-refractivity contribution in [3.05, 3.63) is 24.3 Å². The average Bonchev–Trinajstić information content (AvgIpc) is 2.40. The predicted octanol–water partition coefficient (Wildman–Crippen LogP) is 2.53. The lowest BCUT2D eigenvalue weighted by molar-refractivity contribution is -0.118. The molecule has 0 saturated carbocycles. The number of rotatable bonds is 7. The maximum atomic E-state index is 11.6. The van der Waals surface area contributed by atoms with Crippen LogP contribution in [0.4, 0.5) is 5.69 Å². The standard InChI is InChI=1S/C13H18ClNO3/c1-10(9-14)13(16)15-11-3-5-12(6-4-11)18-8-7-17-2/h3-6,10H,7-9H2,1-2H3,(H,15,16). The van der Waals surface area contributed by atoms with Gasteiger partial charge in [-0.25, -0.2) is 0 Å². The number of carbonyl (C=O) groups excluding carboxylic acids is 1. The predicted molar refractivity (Wildman–Crippen MR) is 72.3 cm³/mol. The molecule has 1 unspecified atom stereocenters. The number of hydrogen-bond acceptors (Lipinski definition) is 3. The van der Waals surface area contributed by atoms with Crippen molar-refractivity contribution < 1.29 is 14.3 Å². The van der Waals surface area contributed by atoms with Crippen LogP contribution in [0.2, 0.25) is 0 Å². The summed E-state index contributed by atoms with van der Waals surface area (Å²) in [7, 11) is 1.63. The van der Waals surface area contributed by atoms with E-state index in [0.29, 0.717) is 19.1 Å². The molecule has 0 heterocycles. The normalized spacial score (nSPS) is 11.9. The van der Waals surface area contributed by atoms with Crippen molar-refractivity contribution in [2.45, 2.75) is 6.92 Å². The van der Waals surface area contributed by atoms with Crippen LogP contribution in [0.25, 0.3) is 0 Å². The van der Waals surface area contributed by atoms with Crippen molar-refractivity contribution in [2.24, 2.45) is 5.92 Å². The monoisotopic (exact) mass is 271 g/mol. The number of methoxy groups -OCH3 is 1. The number of alkyl halides is 1. The molecule has 1 atom stereocenters. The van der Waals surface area contributed by atoms with Gasteiger partial charge in [0.1, 0.15) is 12.4 Å². The lowest BCUT2D eigenvalue weighted by Crippen LogP contribution is -2.21. The molecule has 0 bridgehead atoms. The Morgan fingerprint density at radius 3 is 2.56 bits per heavy atom. The van der Waals surface area contributed by atoms with E-state index in [0.717, 1.165) is 11.4 Å². The lowest BCUT2D eigenvalue weighted by atomic mass is 10.2. The molecule has 18 heavy (non-hydrogen) atoms. The van der Waals surface area contributed by atoms with Crippen molar-refractivity contribution >= 4 is 23.2 Å². The van der Waals surface area contributed by atoms with Crippen LogP contribution in [0.15, 0.2) is 24.3 Å². The molecule has 0 aliphatic heterocycles. The van der Waals surface area contributed by atoms with Gasteiger partial charge in [0.05, 0.1) is 6.61 Å². The van der Waals surface area contributed by atoms with Crippen molar-refractivity contribution in [2.75, 3.05) is 31.5 Å². The molecule has 1 rings (SSSR count). The topological polar surface area (TPSA) is 47.6 Å². The number of halogens is 1. The maximum Gasteiger partial charge on any atom is 0.228 e. The first kappa shape index (κ1) is 14.8. The molecule has 0 aromatic heterocycles. The van der Waals surface area contributed by atoms with Crippen LogP contribution >= 0.6 is 11.6 Å². The third-order valence-corrected chi connectivity index (χ3v) is 2.82. The van der Waals surface area contributed by atoms with Crippen LogP contribution in [-0.2, 0) is 9.53 Å². The number of benzene rings is 1. The fourth-order valence-corrected chi connectivity index (χ4v) is 1.35. The fourth-order valence-electron chi connectivity index (χ4n) is 1.21. The molecular formula is C13H18ClNO3. The molecule has 0 radical (unpaired) electrons. The molecule has 0 aliphatic rings. The van der Waals surface area contributed by atoms with Crippen molar-refractivity contribution in [3.63, 3.8) is 0 Å². The second-order valence-electron chi connectivity index (χ2n) is 3.91. The summed E-state index contributed by atoms with van der Waals surface area (Å²) in [6.45, 7) is 2.84. The van der Waals surface area contributed by atoms with Gasteiger partial charge in [-0.1, -0.05) is 6.92 Å². The van der Waals surface area contributed by atoms with Gasteiger partial charge in [0, 0.05) is 24.6 Å². The largest absolute Gasteiger partial charge is 0.491 e. The average molecular weight is 272 g/mol. The van der Waals surface area contributed by atoms with Gasteiger partial charge >= 0.3 is 0 Å². The third kappa shape index (κ3) is 4.94. The molecule has 0 fully saturated rings. The molecule has 1 aromatic rings. The van der Waals surface area contributed by atoms with E-state index >= 15 is 0 Å². The van der Waals surface area contributed by atoms with Crippen molar-refractivity contribution in [1.29, 1.82) is 0 Å². The molecule has 5 heteroatoms. The second kappa shape index (κ2) is 7.95. The Kier molecular flexibility index (Phi) is 6.54. The molecule has 1 N–H and O–H groups in total. The second-order valence-corrected chi connectivity index (χ2v) is 4.22. The summed E-state index contributed by atoms with van der Waals surface area (Å²) in [4.78, 5) is 11.6. The van der Waals surface area contributed by atoms with E-state index in [2.05, 4.69) is 5.32 Å². The minimum Gasteiger partial charge on any atom is -0.491 e. The van der Waals surface area contributed by atoms with E-state index in [1.807, 2.05) is 0 Å². The van der Waals surface area contributed by atoms with Crippen LogP contribution in [0.3, 0.4) is 0 Å². The van der Waals surface area contributed by atoms with E-state index in [1.54, 1.807) is 38.3 Å². The molecule has 0 saturated heterocycles. The molecule has 0 aliphatic carbocycles. The highest BCUT2D eigenvalue weighted by Crippen LogP contribution is 2.16. The molecule has 0 spiro atoms. The SMILES string of the molecule is COCCOc1ccc(NC(=O)C(C)CCl)cc1. The Labute approximate surface area is 112 Å². The summed E-state index contributed by atoms with van der Waals surface area (Å²) in [5.74, 6) is 0.766. The number of hydrogen-bond donors (Lipinski definition) is 1. The third-order valence-electron chi connectivity index (χ3n) is 2.36. The summed E-state index contributed by atoms with van der Waals surface area (Å²) in [6, 6.07) is 7.19. The zero-order chi connectivity index (χ0) is 13.4. The summed E-state index contributed by atoms with van der Waals surface area (Å²) in [6.07, 6.45) is 0. The van der Waals surface area contributed by atoms with E-state index in [9.17, 15) is 4.79 Å². The Morgan fingerprint density at radius 2 is 2.00 bits per heavy atom. The summed E-state index contributed by atoms with van der Waals surface area (Å²) in [5, 5.41) is 2.78. The summed E-state index contributed by atoms with van der Waals surface area (Å²) in [5.41, 5.74) is 0.732. The lowest BCUT2D eigenvalue weighted by Gasteiger charge is -2.10. The van der Waals surface area contributed by atoms with Gasteiger partial charge in [-0.05, 0) is 24.3 Å². The first-order chi connectivity index (χ1) is 8.67. The Hall–Kier alpha value is -1.26. The highest BCUT2D eigenvalue weighted by atomic mass is 35.5. The zero-order valence-electron chi connectivity index (χ0n) is 10.6. The highest BCUT2D eigenvalue weighted by Gasteiger charge is 2.11. The van der Waals surface area contributed by atoms with Crippen LogP contribution < -0.4 is 10.1 Å². The van der Waals surface area contributed by atoms with Gasteiger partial charge in [0.2, 0.25) is 5.91 Å². The smallest absolute Gasteiger partial charge is 0.228 e. The van der Waals surface area contributed by atoms with Gasteiger partial charge in [0.15, 0.2) is 0 Å². The molecule has 100 valence electrons. The Morgan fingerprint density at radius 1 is 1.33 bits per heavy atom. The van der Waals surface area contributed by atoms with E-state index in [1.165, 1.54) is 0 Å². The molecular weight excluding hydrogens is 254 g/mol. The van der Waals surface area contributed by atoms with Crippen LogP contribution in [0.5, 0.6) is 5.75 Å². The summed E-state index contributed by atoms with van der Waals surface area (Å²) >= 11 is 5.62. The van der Waals surface area contributed by atoms with Gasteiger partial charge in [-0.15, -0.1) is 11.6 Å². The Balaban J connectivity index is 2.47. The van der Waals surface area contributed by atoms with Gasteiger partial charge < -0.3 is 14.8 Å². The van der Waals surface area contributed by atoms with E-state index in [4.69, 9.17) is 21.1 Å². The fraction of sp³-hybridized carbons (Fsp3) is 0.462. The van der Waals surface area contributed by atoms with E-state index in [-0.39, 0.29) is 11.8 Å². The quantitative estimate of drug-likeness (QED) is 0.612. The summed E-state index contributed by atoms with van der Waals surface area (Å²) < 4.78 is 10.3. The molecule has 1 amide bonds. The van der Waals surface area contributed by atoms with Gasteiger partial charge in [-0.3, -0.25) is 4.79 Å². The first-order valence-electron chi connectivity index (χ1n) is 5.76. The highest BCUT2D eigenvalue weighted by molar-refractivity contribution is 6.19. The van der Waals surface area contributed by atoms with Crippen LogP contribution in [-0.4, -0.2) is 32.1 Å². The maximum absolute atomic E-state index is 11.6. The molecule has 1 aromatic carbocycles. The van der Waals surface area contributed by atoms with Crippen molar-refractivity contribution in [1.82, 2.24) is 0 Å². The Bertz CT molecular complexity index is 367. The minimum atomic E-state index is -0.204.